The zero-order valence-corrected chi connectivity index (χ0v) is 13.9. The second kappa shape index (κ2) is 17.2. The average Bonchev–Trinajstić information content (AvgIpc) is 2.30. The SMILES string of the molecule is CCCCCCCCCCCCCCN(C)C.Cl. The van der Waals surface area contributed by atoms with Gasteiger partial charge in [0, 0.05) is 0 Å². The van der Waals surface area contributed by atoms with Gasteiger partial charge >= 0.3 is 0 Å². The third-order valence-corrected chi connectivity index (χ3v) is 3.46. The predicted octanol–water partition coefficient (Wildman–Crippen LogP) is 5.67. The van der Waals surface area contributed by atoms with E-state index in [0.717, 1.165) is 0 Å². The van der Waals surface area contributed by atoms with Gasteiger partial charge in [0.1, 0.15) is 0 Å². The molecule has 1 nitrogen and oxygen atoms in total. The molecule has 0 amide bonds. The molecule has 2 heteroatoms. The van der Waals surface area contributed by atoms with Crippen molar-refractivity contribution in [2.45, 2.75) is 84.0 Å². The average molecular weight is 278 g/mol. The number of hydrogen-bond acceptors (Lipinski definition) is 1. The van der Waals surface area contributed by atoms with E-state index in [1.807, 2.05) is 0 Å². The molecule has 0 aromatic heterocycles. The Balaban J connectivity index is 0. The maximum Gasteiger partial charge on any atom is -0.00248 e. The van der Waals surface area contributed by atoms with E-state index in [9.17, 15) is 0 Å². The molecule has 0 aromatic rings. The van der Waals surface area contributed by atoms with Crippen LogP contribution in [0, 0.1) is 0 Å². The molecule has 0 aliphatic rings. The highest BCUT2D eigenvalue weighted by molar-refractivity contribution is 5.85. The molecule has 0 spiro atoms. The van der Waals surface area contributed by atoms with Crippen LogP contribution in [0.3, 0.4) is 0 Å². The first-order chi connectivity index (χ1) is 8.27. The van der Waals surface area contributed by atoms with Crippen LogP contribution >= 0.6 is 12.4 Å². The molecule has 0 bridgehead atoms. The highest BCUT2D eigenvalue weighted by Gasteiger charge is 1.94. The minimum absolute atomic E-state index is 0. The Bertz CT molecular complexity index is 137. The molecule has 0 fully saturated rings. The van der Waals surface area contributed by atoms with Gasteiger partial charge in [-0.3, -0.25) is 0 Å². The topological polar surface area (TPSA) is 3.24 Å². The van der Waals surface area contributed by atoms with Gasteiger partial charge in [0.2, 0.25) is 0 Å². The summed E-state index contributed by atoms with van der Waals surface area (Å²) in [5, 5.41) is 0. The van der Waals surface area contributed by atoms with Gasteiger partial charge in [-0.2, -0.15) is 0 Å². The summed E-state index contributed by atoms with van der Waals surface area (Å²) in [5.74, 6) is 0. The number of rotatable bonds is 13. The van der Waals surface area contributed by atoms with E-state index in [-0.39, 0.29) is 12.4 Å². The monoisotopic (exact) mass is 277 g/mol. The summed E-state index contributed by atoms with van der Waals surface area (Å²) < 4.78 is 0. The molecule has 0 radical (unpaired) electrons. The molecule has 0 aliphatic carbocycles. The summed E-state index contributed by atoms with van der Waals surface area (Å²) in [6, 6.07) is 0. The summed E-state index contributed by atoms with van der Waals surface area (Å²) in [4.78, 5) is 2.29. The first-order valence-electron chi connectivity index (χ1n) is 7.92. The van der Waals surface area contributed by atoms with Crippen LogP contribution in [-0.2, 0) is 0 Å². The second-order valence-corrected chi connectivity index (χ2v) is 5.69. The Morgan fingerprint density at radius 1 is 0.556 bits per heavy atom. The highest BCUT2D eigenvalue weighted by atomic mass is 35.5. The summed E-state index contributed by atoms with van der Waals surface area (Å²) in [7, 11) is 4.33. The molecule has 18 heavy (non-hydrogen) atoms. The van der Waals surface area contributed by atoms with Crippen molar-refractivity contribution in [1.29, 1.82) is 0 Å². The van der Waals surface area contributed by atoms with Gasteiger partial charge < -0.3 is 4.90 Å². The van der Waals surface area contributed by atoms with E-state index < -0.39 is 0 Å². The van der Waals surface area contributed by atoms with Gasteiger partial charge in [-0.25, -0.2) is 0 Å². The molecule has 112 valence electrons. The van der Waals surface area contributed by atoms with Crippen molar-refractivity contribution in [3.8, 4) is 0 Å². The van der Waals surface area contributed by atoms with E-state index in [2.05, 4.69) is 25.9 Å². The van der Waals surface area contributed by atoms with Crippen molar-refractivity contribution >= 4 is 12.4 Å². The summed E-state index contributed by atoms with van der Waals surface area (Å²) in [6.07, 6.45) is 17.3. The van der Waals surface area contributed by atoms with Crippen LogP contribution < -0.4 is 0 Å². The maximum absolute atomic E-state index is 2.29. The molecule has 0 unspecified atom stereocenters. The lowest BCUT2D eigenvalue weighted by Gasteiger charge is -2.08. The van der Waals surface area contributed by atoms with Gasteiger partial charge in [-0.1, -0.05) is 77.6 Å². The lowest BCUT2D eigenvalue weighted by atomic mass is 10.1. The lowest BCUT2D eigenvalue weighted by molar-refractivity contribution is 0.389. The van der Waals surface area contributed by atoms with Crippen molar-refractivity contribution in [3.05, 3.63) is 0 Å². The Kier molecular flexibility index (Phi) is 19.7. The number of unbranched alkanes of at least 4 members (excludes halogenated alkanes) is 11. The normalized spacial score (nSPS) is 10.7. The third kappa shape index (κ3) is 18.6. The van der Waals surface area contributed by atoms with Crippen molar-refractivity contribution in [1.82, 2.24) is 4.90 Å². The Hall–Kier alpha value is 0.250. The van der Waals surface area contributed by atoms with E-state index in [0.29, 0.717) is 0 Å². The molecule has 0 N–H and O–H groups in total. The maximum atomic E-state index is 2.29. The van der Waals surface area contributed by atoms with Crippen LogP contribution in [0.5, 0.6) is 0 Å². The fourth-order valence-corrected chi connectivity index (χ4v) is 2.27. The van der Waals surface area contributed by atoms with Gasteiger partial charge in [0.05, 0.1) is 0 Å². The molecule has 0 aliphatic heterocycles. The lowest BCUT2D eigenvalue weighted by Crippen LogP contribution is -2.12. The Labute approximate surface area is 122 Å². The minimum atomic E-state index is 0. The van der Waals surface area contributed by atoms with Crippen LogP contribution in [0.1, 0.15) is 84.0 Å². The Morgan fingerprint density at radius 2 is 0.889 bits per heavy atom. The fourth-order valence-electron chi connectivity index (χ4n) is 2.27. The second-order valence-electron chi connectivity index (χ2n) is 5.69. The number of nitrogens with zero attached hydrogens (tertiary/aromatic N) is 1. The van der Waals surface area contributed by atoms with Gasteiger partial charge in [-0.15, -0.1) is 12.4 Å². The number of hydrogen-bond donors (Lipinski definition) is 0. The summed E-state index contributed by atoms with van der Waals surface area (Å²) >= 11 is 0. The molecule has 0 rings (SSSR count). The highest BCUT2D eigenvalue weighted by Crippen LogP contribution is 2.11. The van der Waals surface area contributed by atoms with Crippen LogP contribution in [0.2, 0.25) is 0 Å². The Morgan fingerprint density at radius 3 is 1.22 bits per heavy atom. The van der Waals surface area contributed by atoms with Gasteiger partial charge in [0.15, 0.2) is 0 Å². The van der Waals surface area contributed by atoms with Crippen molar-refractivity contribution in [3.63, 3.8) is 0 Å². The molecule has 0 saturated heterocycles. The molecule has 0 aromatic carbocycles. The minimum Gasteiger partial charge on any atom is -0.309 e. The molecular weight excluding hydrogens is 242 g/mol. The molecular formula is C16H36ClN. The quantitative estimate of drug-likeness (QED) is 0.392. The zero-order valence-electron chi connectivity index (χ0n) is 13.0. The van der Waals surface area contributed by atoms with E-state index in [1.165, 1.54) is 83.6 Å². The van der Waals surface area contributed by atoms with E-state index in [1.54, 1.807) is 0 Å². The molecule has 0 heterocycles. The molecule has 0 saturated carbocycles. The number of halogens is 1. The van der Waals surface area contributed by atoms with Crippen LogP contribution in [0.25, 0.3) is 0 Å². The van der Waals surface area contributed by atoms with Gasteiger partial charge in [-0.05, 0) is 27.1 Å². The van der Waals surface area contributed by atoms with E-state index >= 15 is 0 Å². The smallest absolute Gasteiger partial charge is 0.00248 e. The zero-order chi connectivity index (χ0) is 12.8. The fraction of sp³-hybridized carbons (Fsp3) is 1.00. The first-order valence-corrected chi connectivity index (χ1v) is 7.92. The third-order valence-electron chi connectivity index (χ3n) is 3.46. The van der Waals surface area contributed by atoms with Crippen molar-refractivity contribution < 1.29 is 0 Å². The first kappa shape index (κ1) is 20.6. The van der Waals surface area contributed by atoms with Crippen LogP contribution in [-0.4, -0.2) is 25.5 Å². The van der Waals surface area contributed by atoms with Crippen molar-refractivity contribution in [2.75, 3.05) is 20.6 Å². The van der Waals surface area contributed by atoms with Crippen LogP contribution in [0.4, 0.5) is 0 Å². The van der Waals surface area contributed by atoms with E-state index in [4.69, 9.17) is 0 Å². The molecule has 0 atom stereocenters. The summed E-state index contributed by atoms with van der Waals surface area (Å²) in [6.45, 7) is 3.55. The van der Waals surface area contributed by atoms with Crippen molar-refractivity contribution in [2.24, 2.45) is 0 Å². The largest absolute Gasteiger partial charge is 0.309 e. The summed E-state index contributed by atoms with van der Waals surface area (Å²) in [5.41, 5.74) is 0. The van der Waals surface area contributed by atoms with Crippen LogP contribution in [0.15, 0.2) is 0 Å². The van der Waals surface area contributed by atoms with Gasteiger partial charge in [0.25, 0.3) is 0 Å². The predicted molar refractivity (Wildman–Crippen MR) is 86.9 cm³/mol. The standard InChI is InChI=1S/C16H35N.ClH/c1-4-5-6-7-8-9-10-11-12-13-14-15-16-17(2)3;/h4-16H2,1-3H3;1H.